The molecule has 0 saturated carbocycles. The third-order valence-corrected chi connectivity index (χ3v) is 9.79. The number of nitrogens with one attached hydrogen (secondary N) is 2. The summed E-state index contributed by atoms with van der Waals surface area (Å²) < 4.78 is 2.12. The van der Waals surface area contributed by atoms with Crippen molar-refractivity contribution in [2.75, 3.05) is 39.3 Å². The molecule has 4 heterocycles. The number of benzene rings is 3. The number of piperidine rings is 1. The van der Waals surface area contributed by atoms with Crippen molar-refractivity contribution in [3.8, 4) is 22.5 Å². The van der Waals surface area contributed by atoms with E-state index in [4.69, 9.17) is 28.2 Å². The summed E-state index contributed by atoms with van der Waals surface area (Å²) in [5.74, 6) is -0.137. The fourth-order valence-electron chi connectivity index (χ4n) is 6.97. The molecule has 1 amide bonds. The minimum atomic E-state index is -0.137. The summed E-state index contributed by atoms with van der Waals surface area (Å²) in [6, 6.07) is 24.4. The number of carbonyl (C=O) groups excluding carboxylic acids is 1. The number of imidazole rings is 1. The fourth-order valence-corrected chi connectivity index (χ4v) is 7.27. The van der Waals surface area contributed by atoms with Gasteiger partial charge in [-0.15, -0.1) is 0 Å². The van der Waals surface area contributed by atoms with Crippen LogP contribution in [0.1, 0.15) is 41.7 Å². The van der Waals surface area contributed by atoms with Gasteiger partial charge in [-0.3, -0.25) is 4.79 Å². The number of halogens is 2. The molecule has 0 spiro atoms. The Kier molecular flexibility index (Phi) is 8.94. The van der Waals surface area contributed by atoms with Crippen LogP contribution in [0.5, 0.6) is 0 Å². The van der Waals surface area contributed by atoms with Crippen LogP contribution in [0, 0.1) is 0 Å². The van der Waals surface area contributed by atoms with E-state index >= 15 is 0 Å². The van der Waals surface area contributed by atoms with Gasteiger partial charge in [0, 0.05) is 57.8 Å². The Balaban J connectivity index is 1.18. The largest absolute Gasteiger partial charge is 0.350 e. The van der Waals surface area contributed by atoms with Crippen molar-refractivity contribution in [2.45, 2.75) is 38.3 Å². The lowest BCUT2D eigenvalue weighted by Gasteiger charge is -2.36. The number of nitrogens with zero attached hydrogens (tertiary/aromatic N) is 4. The van der Waals surface area contributed by atoms with Crippen LogP contribution >= 0.6 is 23.2 Å². The van der Waals surface area contributed by atoms with Gasteiger partial charge in [0.05, 0.1) is 17.7 Å². The highest BCUT2D eigenvalue weighted by Gasteiger charge is 2.28. The lowest BCUT2D eigenvalue weighted by Crippen LogP contribution is -2.45. The summed E-state index contributed by atoms with van der Waals surface area (Å²) in [4.78, 5) is 27.5. The van der Waals surface area contributed by atoms with Crippen molar-refractivity contribution in [1.82, 2.24) is 29.7 Å². The van der Waals surface area contributed by atoms with E-state index in [0.29, 0.717) is 28.8 Å². The topological polar surface area (TPSA) is 69.2 Å². The Morgan fingerprint density at radius 2 is 1.64 bits per heavy atom. The minimum absolute atomic E-state index is 0.137. The molecule has 5 aromatic rings. The normalized spacial score (nSPS) is 16.5. The maximum Gasteiger partial charge on any atom is 0.268 e. The number of likely N-dealkylation sites (tertiary alicyclic amines) is 2. The van der Waals surface area contributed by atoms with Crippen LogP contribution in [0.2, 0.25) is 10.0 Å². The zero-order valence-electron chi connectivity index (χ0n) is 25.3. The molecule has 45 heavy (non-hydrogen) atoms. The predicted octanol–water partition coefficient (Wildman–Crippen LogP) is 7.34. The highest BCUT2D eigenvalue weighted by atomic mass is 35.5. The molecule has 9 heteroatoms. The lowest BCUT2D eigenvalue weighted by atomic mass is 10.0. The van der Waals surface area contributed by atoms with Gasteiger partial charge in [-0.25, -0.2) is 4.98 Å². The number of hydrogen-bond donors (Lipinski definition) is 2. The molecule has 0 unspecified atom stereocenters. The molecule has 2 saturated heterocycles. The highest BCUT2D eigenvalue weighted by molar-refractivity contribution is 6.31. The van der Waals surface area contributed by atoms with Gasteiger partial charge in [-0.05, 0) is 81.7 Å². The molecule has 0 atom stereocenters. The van der Waals surface area contributed by atoms with Crippen LogP contribution in [0.15, 0.2) is 79.1 Å². The van der Waals surface area contributed by atoms with E-state index < -0.39 is 0 Å². The summed E-state index contributed by atoms with van der Waals surface area (Å²) in [6.45, 7) is 6.66. The number of carbonyl (C=O) groups is 1. The van der Waals surface area contributed by atoms with E-state index in [1.165, 1.54) is 38.8 Å². The molecule has 0 bridgehead atoms. The number of hydrogen-bond acceptors (Lipinski definition) is 4. The number of rotatable bonds is 9. The molecular weight excluding hydrogens is 603 g/mol. The van der Waals surface area contributed by atoms with E-state index in [0.717, 1.165) is 64.7 Å². The number of aromatic amines is 1. The van der Waals surface area contributed by atoms with Crippen LogP contribution in [-0.2, 0) is 6.54 Å². The number of H-pyrrole nitrogens is 1. The zero-order valence-corrected chi connectivity index (χ0v) is 26.8. The maximum absolute atomic E-state index is 14.0. The lowest BCUT2D eigenvalue weighted by molar-refractivity contribution is 0.0932. The molecule has 0 radical (unpaired) electrons. The zero-order chi connectivity index (χ0) is 30.8. The number of fused-ring (bicyclic) bond motifs is 1. The van der Waals surface area contributed by atoms with Crippen molar-refractivity contribution in [3.05, 3.63) is 100 Å². The van der Waals surface area contributed by atoms with Crippen LogP contribution in [0.25, 0.3) is 33.4 Å². The van der Waals surface area contributed by atoms with Gasteiger partial charge in [0.15, 0.2) is 0 Å². The minimum Gasteiger partial charge on any atom is -0.350 e. The Bertz CT molecular complexity index is 1770. The van der Waals surface area contributed by atoms with Crippen LogP contribution in [-0.4, -0.2) is 75.6 Å². The first kappa shape index (κ1) is 30.1. The number of amides is 1. The molecule has 0 aliphatic carbocycles. The van der Waals surface area contributed by atoms with Gasteiger partial charge in [0.25, 0.3) is 5.91 Å². The van der Waals surface area contributed by atoms with Crippen molar-refractivity contribution in [2.24, 2.45) is 0 Å². The average Bonchev–Trinajstić information content (AvgIpc) is 3.82. The molecule has 2 aromatic heterocycles. The molecule has 7 rings (SSSR count). The molecule has 7 nitrogen and oxygen atoms in total. The van der Waals surface area contributed by atoms with Gasteiger partial charge in [0.1, 0.15) is 5.69 Å². The first-order chi connectivity index (χ1) is 22.0. The summed E-state index contributed by atoms with van der Waals surface area (Å²) in [5, 5.41) is 5.45. The van der Waals surface area contributed by atoms with Gasteiger partial charge >= 0.3 is 0 Å². The van der Waals surface area contributed by atoms with Crippen molar-refractivity contribution in [1.29, 1.82) is 0 Å². The first-order valence-corrected chi connectivity index (χ1v) is 16.7. The summed E-state index contributed by atoms with van der Waals surface area (Å²) in [7, 11) is 0. The van der Waals surface area contributed by atoms with Crippen molar-refractivity contribution >= 4 is 40.0 Å². The summed E-state index contributed by atoms with van der Waals surface area (Å²) in [5.41, 5.74) is 5.89. The Morgan fingerprint density at radius 3 is 2.40 bits per heavy atom. The van der Waals surface area contributed by atoms with E-state index in [-0.39, 0.29) is 5.91 Å². The Hall–Kier alpha value is -3.62. The smallest absolute Gasteiger partial charge is 0.268 e. The van der Waals surface area contributed by atoms with E-state index in [1.807, 2.05) is 67.0 Å². The monoisotopic (exact) mass is 640 g/mol. The van der Waals surface area contributed by atoms with Crippen LogP contribution in [0.4, 0.5) is 0 Å². The van der Waals surface area contributed by atoms with Gasteiger partial charge in [-0.1, -0.05) is 71.7 Å². The van der Waals surface area contributed by atoms with E-state index in [1.54, 1.807) is 0 Å². The van der Waals surface area contributed by atoms with Gasteiger partial charge < -0.3 is 24.7 Å². The van der Waals surface area contributed by atoms with E-state index in [9.17, 15) is 4.79 Å². The first-order valence-electron chi connectivity index (χ1n) is 15.9. The second-order valence-electron chi connectivity index (χ2n) is 12.2. The third-order valence-electron chi connectivity index (χ3n) is 9.30. The third kappa shape index (κ3) is 6.54. The van der Waals surface area contributed by atoms with Gasteiger partial charge in [0.2, 0.25) is 0 Å². The molecule has 3 aromatic carbocycles. The van der Waals surface area contributed by atoms with Gasteiger partial charge in [-0.2, -0.15) is 0 Å². The van der Waals surface area contributed by atoms with Crippen molar-refractivity contribution in [3.63, 3.8) is 0 Å². The predicted molar refractivity (Wildman–Crippen MR) is 183 cm³/mol. The standard InChI is InChI=1S/C36H38Cl2N6O/c37-27-10-8-25(9-11-27)23-44-24-40-33(26-6-2-1-3-7-26)35(44)32-30-13-12-28(38)22-31(30)41-34(32)36(45)39-16-21-42-19-14-29(15-20-42)43-17-4-5-18-43/h1-3,6-13,22,24,29,41H,4-5,14-21,23H2,(H,39,45). The molecule has 2 aliphatic rings. The number of aromatic nitrogens is 3. The molecule has 2 aliphatic heterocycles. The molecular formula is C36H38Cl2N6O. The fraction of sp³-hybridized carbons (Fsp3) is 0.333. The van der Waals surface area contributed by atoms with E-state index in [2.05, 4.69) is 36.8 Å². The molecule has 2 fully saturated rings. The summed E-state index contributed by atoms with van der Waals surface area (Å²) in [6.07, 6.45) is 6.95. The van der Waals surface area contributed by atoms with Crippen LogP contribution in [0.3, 0.4) is 0 Å². The molecule has 2 N–H and O–H groups in total. The quantitative estimate of drug-likeness (QED) is 0.177. The Labute approximate surface area is 274 Å². The Morgan fingerprint density at radius 1 is 0.911 bits per heavy atom. The SMILES string of the molecule is O=C(NCCN1CCC(N2CCCC2)CC1)c1[nH]c2cc(Cl)ccc2c1-c1c(-c2ccccc2)ncn1Cc1ccc(Cl)cc1. The second kappa shape index (κ2) is 13.4. The highest BCUT2D eigenvalue weighted by Crippen LogP contribution is 2.39. The maximum atomic E-state index is 14.0. The van der Waals surface area contributed by atoms with Crippen molar-refractivity contribution < 1.29 is 4.79 Å². The summed E-state index contributed by atoms with van der Waals surface area (Å²) >= 11 is 12.6. The van der Waals surface area contributed by atoms with Crippen LogP contribution < -0.4 is 5.32 Å². The molecule has 232 valence electrons. The average molecular weight is 642 g/mol. The second-order valence-corrected chi connectivity index (χ2v) is 13.1.